The molecule has 98 valence electrons. The zero-order valence-electron chi connectivity index (χ0n) is 10.7. The van der Waals surface area contributed by atoms with Gasteiger partial charge in [0.2, 0.25) is 0 Å². The predicted octanol–water partition coefficient (Wildman–Crippen LogP) is 2.82. The van der Waals surface area contributed by atoms with E-state index in [1.165, 1.54) is 25.7 Å². The Morgan fingerprint density at radius 3 is 3.11 bits per heavy atom. The summed E-state index contributed by atoms with van der Waals surface area (Å²) < 4.78 is 4.80. The van der Waals surface area contributed by atoms with Gasteiger partial charge in [0.05, 0.1) is 6.54 Å². The van der Waals surface area contributed by atoms with Crippen LogP contribution in [0.1, 0.15) is 38.3 Å². The first-order valence-corrected chi connectivity index (χ1v) is 7.59. The molecular formula is C13H19N3OS. The van der Waals surface area contributed by atoms with Crippen molar-refractivity contribution in [2.75, 3.05) is 5.75 Å². The maximum absolute atomic E-state index is 4.80. The van der Waals surface area contributed by atoms with E-state index in [0.29, 0.717) is 12.1 Å². The van der Waals surface area contributed by atoms with Gasteiger partial charge in [-0.3, -0.25) is 4.99 Å². The number of hydrogen-bond donors (Lipinski definition) is 1. The molecular weight excluding hydrogens is 246 g/mol. The van der Waals surface area contributed by atoms with E-state index in [-0.39, 0.29) is 0 Å². The standard InChI is InChI=1S/C13H19N3OS/c1-10-2-5-13(6-3-10)9-18-12(15-13)14-8-11-4-7-17-16-11/h4,7,10H,2-3,5-6,8-9H2,1H3,(H,14,15). The minimum Gasteiger partial charge on any atom is -0.364 e. The molecule has 0 atom stereocenters. The Kier molecular flexibility index (Phi) is 3.33. The summed E-state index contributed by atoms with van der Waals surface area (Å²) in [5.74, 6) is 2.05. The van der Waals surface area contributed by atoms with E-state index in [1.807, 2.05) is 17.8 Å². The van der Waals surface area contributed by atoms with Crippen molar-refractivity contribution in [3.05, 3.63) is 18.0 Å². The van der Waals surface area contributed by atoms with Crippen molar-refractivity contribution in [1.82, 2.24) is 10.5 Å². The molecule has 1 saturated heterocycles. The average molecular weight is 265 g/mol. The molecule has 2 aliphatic rings. The minimum atomic E-state index is 0.319. The molecule has 0 unspecified atom stereocenters. The van der Waals surface area contributed by atoms with Crippen molar-refractivity contribution in [2.24, 2.45) is 10.9 Å². The fourth-order valence-corrected chi connectivity index (χ4v) is 3.87. The average Bonchev–Trinajstić information content (AvgIpc) is 3.02. The van der Waals surface area contributed by atoms with Gasteiger partial charge in [-0.2, -0.15) is 0 Å². The van der Waals surface area contributed by atoms with Crippen LogP contribution in [0.5, 0.6) is 0 Å². The van der Waals surface area contributed by atoms with E-state index >= 15 is 0 Å². The fourth-order valence-electron chi connectivity index (χ4n) is 2.65. The Morgan fingerprint density at radius 2 is 2.39 bits per heavy atom. The van der Waals surface area contributed by atoms with Crippen molar-refractivity contribution < 1.29 is 4.52 Å². The maximum Gasteiger partial charge on any atom is 0.157 e. The van der Waals surface area contributed by atoms with Crippen LogP contribution in [0.4, 0.5) is 0 Å². The molecule has 0 bridgehead atoms. The van der Waals surface area contributed by atoms with Crippen molar-refractivity contribution in [1.29, 1.82) is 0 Å². The van der Waals surface area contributed by atoms with Crippen LogP contribution in [0.25, 0.3) is 0 Å². The van der Waals surface area contributed by atoms with Gasteiger partial charge in [0.1, 0.15) is 12.0 Å². The zero-order valence-corrected chi connectivity index (χ0v) is 11.5. The lowest BCUT2D eigenvalue weighted by Crippen LogP contribution is -2.46. The van der Waals surface area contributed by atoms with E-state index in [9.17, 15) is 0 Å². The van der Waals surface area contributed by atoms with E-state index in [1.54, 1.807) is 6.26 Å². The summed E-state index contributed by atoms with van der Waals surface area (Å²) in [7, 11) is 0. The van der Waals surface area contributed by atoms with Gasteiger partial charge in [0.25, 0.3) is 0 Å². The summed E-state index contributed by atoms with van der Waals surface area (Å²) in [6.45, 7) is 2.97. The highest BCUT2D eigenvalue weighted by Crippen LogP contribution is 2.38. The van der Waals surface area contributed by atoms with Crippen LogP contribution in [-0.4, -0.2) is 21.6 Å². The molecule has 1 aromatic rings. The molecule has 2 fully saturated rings. The van der Waals surface area contributed by atoms with Crippen LogP contribution < -0.4 is 5.32 Å². The molecule has 5 heteroatoms. The molecule has 0 radical (unpaired) electrons. The Labute approximate surface area is 112 Å². The largest absolute Gasteiger partial charge is 0.364 e. The molecule has 3 rings (SSSR count). The second-order valence-electron chi connectivity index (χ2n) is 5.49. The fraction of sp³-hybridized carbons (Fsp3) is 0.692. The quantitative estimate of drug-likeness (QED) is 0.893. The highest BCUT2D eigenvalue weighted by molar-refractivity contribution is 8.14. The number of thioether (sulfide) groups is 1. The lowest BCUT2D eigenvalue weighted by atomic mass is 9.78. The van der Waals surface area contributed by atoms with Crippen LogP contribution in [0.15, 0.2) is 21.8 Å². The molecule has 1 aromatic heterocycles. The van der Waals surface area contributed by atoms with E-state index in [2.05, 4.69) is 22.4 Å². The number of amidine groups is 1. The molecule has 1 aliphatic heterocycles. The van der Waals surface area contributed by atoms with Crippen molar-refractivity contribution in [2.45, 2.75) is 44.7 Å². The van der Waals surface area contributed by atoms with Gasteiger partial charge in [0.15, 0.2) is 5.17 Å². The molecule has 1 spiro atoms. The SMILES string of the molecule is CC1CCC2(CC1)CSC(=NCc1ccon1)N2. The summed E-state index contributed by atoms with van der Waals surface area (Å²) in [6.07, 6.45) is 6.83. The third-order valence-electron chi connectivity index (χ3n) is 3.96. The Balaban J connectivity index is 1.59. The summed E-state index contributed by atoms with van der Waals surface area (Å²) in [4.78, 5) is 4.58. The number of aliphatic imine (C=N–C) groups is 1. The van der Waals surface area contributed by atoms with Gasteiger partial charge in [-0.05, 0) is 31.6 Å². The first-order valence-electron chi connectivity index (χ1n) is 6.60. The molecule has 4 nitrogen and oxygen atoms in total. The smallest absolute Gasteiger partial charge is 0.157 e. The zero-order chi connectivity index (χ0) is 12.4. The number of hydrogen-bond acceptors (Lipinski definition) is 4. The summed E-state index contributed by atoms with van der Waals surface area (Å²) in [5.41, 5.74) is 1.21. The van der Waals surface area contributed by atoms with Gasteiger partial charge < -0.3 is 9.84 Å². The number of rotatable bonds is 2. The molecule has 18 heavy (non-hydrogen) atoms. The van der Waals surface area contributed by atoms with Crippen molar-refractivity contribution >= 4 is 16.9 Å². The normalized spacial score (nSPS) is 34.1. The van der Waals surface area contributed by atoms with Crippen LogP contribution in [0, 0.1) is 5.92 Å². The molecule has 1 saturated carbocycles. The maximum atomic E-state index is 4.80. The number of nitrogens with one attached hydrogen (secondary N) is 1. The highest BCUT2D eigenvalue weighted by Gasteiger charge is 2.39. The van der Waals surface area contributed by atoms with Crippen LogP contribution in [0.2, 0.25) is 0 Å². The molecule has 1 N–H and O–H groups in total. The summed E-state index contributed by atoms with van der Waals surface area (Å²) in [6, 6.07) is 1.86. The lowest BCUT2D eigenvalue weighted by molar-refractivity contribution is 0.251. The van der Waals surface area contributed by atoms with E-state index in [4.69, 9.17) is 4.52 Å². The van der Waals surface area contributed by atoms with Crippen molar-refractivity contribution in [3.63, 3.8) is 0 Å². The lowest BCUT2D eigenvalue weighted by Gasteiger charge is -2.35. The summed E-state index contributed by atoms with van der Waals surface area (Å²) >= 11 is 1.85. The third kappa shape index (κ3) is 2.55. The van der Waals surface area contributed by atoms with Crippen LogP contribution >= 0.6 is 11.8 Å². The Hall–Kier alpha value is -0.970. The van der Waals surface area contributed by atoms with Gasteiger partial charge in [-0.1, -0.05) is 23.8 Å². The van der Waals surface area contributed by atoms with Gasteiger partial charge >= 0.3 is 0 Å². The van der Waals surface area contributed by atoms with E-state index < -0.39 is 0 Å². The first kappa shape index (κ1) is 12.1. The minimum absolute atomic E-state index is 0.319. The molecule has 0 amide bonds. The highest BCUT2D eigenvalue weighted by atomic mass is 32.2. The van der Waals surface area contributed by atoms with Gasteiger partial charge in [-0.15, -0.1) is 0 Å². The molecule has 2 heterocycles. The second kappa shape index (κ2) is 4.96. The summed E-state index contributed by atoms with van der Waals surface area (Å²) in [5, 5.41) is 8.59. The molecule has 1 aliphatic carbocycles. The topological polar surface area (TPSA) is 50.4 Å². The second-order valence-corrected chi connectivity index (χ2v) is 6.45. The third-order valence-corrected chi connectivity index (χ3v) is 5.17. The van der Waals surface area contributed by atoms with Crippen LogP contribution in [-0.2, 0) is 6.54 Å². The Bertz CT molecular complexity index is 421. The van der Waals surface area contributed by atoms with Crippen LogP contribution in [0.3, 0.4) is 0 Å². The first-order chi connectivity index (χ1) is 8.76. The predicted molar refractivity (Wildman–Crippen MR) is 73.6 cm³/mol. The Morgan fingerprint density at radius 1 is 1.56 bits per heavy atom. The number of nitrogens with zero attached hydrogens (tertiary/aromatic N) is 2. The number of aromatic nitrogens is 1. The monoisotopic (exact) mass is 265 g/mol. The van der Waals surface area contributed by atoms with Gasteiger partial charge in [-0.25, -0.2) is 0 Å². The van der Waals surface area contributed by atoms with E-state index in [0.717, 1.165) is 22.5 Å². The molecule has 0 aromatic carbocycles. The van der Waals surface area contributed by atoms with Gasteiger partial charge in [0, 0.05) is 17.4 Å². The van der Waals surface area contributed by atoms with Crippen molar-refractivity contribution in [3.8, 4) is 0 Å².